The average molecular weight is 242 g/mol. The van der Waals surface area contributed by atoms with Gasteiger partial charge in [0.05, 0.1) is 5.69 Å². The number of hydrogen-bond acceptors (Lipinski definition) is 3. The Hall–Kier alpha value is -1.13. The van der Waals surface area contributed by atoms with Crippen molar-refractivity contribution >= 4 is 5.69 Å². The van der Waals surface area contributed by atoms with Crippen LogP contribution in [0.25, 0.3) is 0 Å². The highest BCUT2D eigenvalue weighted by atomic mass is 19.1. The van der Waals surface area contributed by atoms with Crippen LogP contribution in [0, 0.1) is 19.7 Å². The van der Waals surface area contributed by atoms with Crippen LogP contribution in [-0.2, 0) is 0 Å². The molecule has 0 saturated carbocycles. The molecule has 0 aliphatic carbocycles. The molecule has 0 aromatic heterocycles. The van der Waals surface area contributed by atoms with Crippen LogP contribution >= 0.6 is 0 Å². The first-order valence-corrected chi connectivity index (χ1v) is 6.05. The molecule has 0 fully saturated rings. The minimum absolute atomic E-state index is 0.224. The molecule has 98 valence electrons. The molecular formula is C13H23FN2O. The first kappa shape index (κ1) is 15.9. The number of hydrazine groups is 1. The first-order chi connectivity index (χ1) is 8.06. The molecule has 1 aromatic rings. The molecular weight excluding hydrogens is 219 g/mol. The maximum atomic E-state index is 13.1. The van der Waals surface area contributed by atoms with Crippen molar-refractivity contribution in [3.63, 3.8) is 0 Å². The summed E-state index contributed by atoms with van der Waals surface area (Å²) in [5.74, 6) is -0.224. The summed E-state index contributed by atoms with van der Waals surface area (Å²) in [6.07, 6.45) is 0.836. The van der Waals surface area contributed by atoms with Gasteiger partial charge in [-0.15, -0.1) is 5.17 Å². The average Bonchev–Trinajstić information content (AvgIpc) is 2.33. The Bertz CT molecular complexity index is 342. The molecule has 17 heavy (non-hydrogen) atoms. The van der Waals surface area contributed by atoms with Gasteiger partial charge in [0, 0.05) is 6.54 Å². The number of nitrogens with zero attached hydrogens (tertiary/aromatic N) is 1. The minimum Gasteiger partial charge on any atom is -0.296 e. The van der Waals surface area contributed by atoms with E-state index in [9.17, 15) is 9.60 Å². The molecule has 0 bridgehead atoms. The van der Waals surface area contributed by atoms with E-state index in [-0.39, 0.29) is 5.82 Å². The Morgan fingerprint density at radius 2 is 1.82 bits per heavy atom. The van der Waals surface area contributed by atoms with Crippen LogP contribution in [0.15, 0.2) is 12.1 Å². The van der Waals surface area contributed by atoms with E-state index in [0.717, 1.165) is 22.8 Å². The van der Waals surface area contributed by atoms with Crippen LogP contribution in [0.4, 0.5) is 10.1 Å². The number of benzene rings is 1. The van der Waals surface area contributed by atoms with E-state index in [1.165, 1.54) is 6.07 Å². The lowest BCUT2D eigenvalue weighted by Crippen LogP contribution is -2.27. The van der Waals surface area contributed by atoms with E-state index in [2.05, 4.69) is 5.43 Å². The maximum Gasteiger partial charge on any atom is 0.126 e. The molecule has 1 rings (SSSR count). The van der Waals surface area contributed by atoms with Gasteiger partial charge in [0.15, 0.2) is 0 Å². The molecule has 0 saturated heterocycles. The minimum atomic E-state index is -0.224. The van der Waals surface area contributed by atoms with Crippen molar-refractivity contribution in [1.29, 1.82) is 0 Å². The highest BCUT2D eigenvalue weighted by Crippen LogP contribution is 2.21. The molecule has 2 N–H and O–H groups in total. The Labute approximate surface area is 103 Å². The van der Waals surface area contributed by atoms with Crippen LogP contribution < -0.4 is 5.43 Å². The molecule has 0 aliphatic heterocycles. The topological polar surface area (TPSA) is 35.5 Å². The normalized spacial score (nSPS) is 9.88. The van der Waals surface area contributed by atoms with E-state index < -0.39 is 0 Å². The molecule has 0 aliphatic rings. The van der Waals surface area contributed by atoms with Gasteiger partial charge in [-0.25, -0.2) is 4.39 Å². The molecule has 3 nitrogen and oxygen atoms in total. The van der Waals surface area contributed by atoms with Gasteiger partial charge < -0.3 is 0 Å². The molecule has 0 radical (unpaired) electrons. The Kier molecular flexibility index (Phi) is 7.50. The maximum absolute atomic E-state index is 13.1. The summed E-state index contributed by atoms with van der Waals surface area (Å²) in [5, 5.41) is 10.4. The summed E-state index contributed by atoms with van der Waals surface area (Å²) in [6, 6.07) is 3.01. The molecule has 0 unspecified atom stereocenters. The van der Waals surface area contributed by atoms with E-state index in [1.807, 2.05) is 27.7 Å². The van der Waals surface area contributed by atoms with Gasteiger partial charge in [-0.1, -0.05) is 20.8 Å². The third-order valence-corrected chi connectivity index (χ3v) is 2.41. The van der Waals surface area contributed by atoms with Gasteiger partial charge in [-0.05, 0) is 43.5 Å². The number of halogens is 1. The Morgan fingerprint density at radius 3 is 2.35 bits per heavy atom. The second-order valence-corrected chi connectivity index (χ2v) is 3.58. The molecule has 4 heteroatoms. The van der Waals surface area contributed by atoms with E-state index >= 15 is 0 Å². The lowest BCUT2D eigenvalue weighted by molar-refractivity contribution is -0.0653. The standard InChI is InChI=1S/C11H17FN2O.C2H6/c1-4-7-14(15)13-11-6-5-10(12)8(2)9(11)3;1-2/h5-6,13,15H,4,7H2,1-3H3;1-2H3. The van der Waals surface area contributed by atoms with Crippen LogP contribution in [-0.4, -0.2) is 16.9 Å². The van der Waals surface area contributed by atoms with Crippen LogP contribution in [0.3, 0.4) is 0 Å². The van der Waals surface area contributed by atoms with Gasteiger partial charge in [0.1, 0.15) is 5.82 Å². The monoisotopic (exact) mass is 242 g/mol. The predicted octanol–water partition coefficient (Wildman–Crippen LogP) is 3.90. The number of nitrogens with one attached hydrogen (secondary N) is 1. The van der Waals surface area contributed by atoms with Crippen molar-refractivity contribution in [2.45, 2.75) is 41.0 Å². The number of rotatable bonds is 4. The van der Waals surface area contributed by atoms with E-state index in [1.54, 1.807) is 13.0 Å². The largest absolute Gasteiger partial charge is 0.296 e. The zero-order valence-electron chi connectivity index (χ0n) is 11.3. The van der Waals surface area contributed by atoms with Gasteiger partial charge in [0.2, 0.25) is 0 Å². The fraction of sp³-hybridized carbons (Fsp3) is 0.538. The van der Waals surface area contributed by atoms with Gasteiger partial charge in [-0.2, -0.15) is 0 Å². The summed E-state index contributed by atoms with van der Waals surface area (Å²) in [6.45, 7) is 10.0. The summed E-state index contributed by atoms with van der Waals surface area (Å²) in [4.78, 5) is 0. The molecule has 0 atom stereocenters. The fourth-order valence-corrected chi connectivity index (χ4v) is 1.32. The third kappa shape index (κ3) is 4.71. The van der Waals surface area contributed by atoms with Crippen molar-refractivity contribution < 1.29 is 9.60 Å². The molecule has 0 heterocycles. The molecule has 0 spiro atoms. The van der Waals surface area contributed by atoms with Crippen molar-refractivity contribution in [1.82, 2.24) is 5.17 Å². The summed E-state index contributed by atoms with van der Waals surface area (Å²) >= 11 is 0. The lowest BCUT2D eigenvalue weighted by atomic mass is 10.1. The summed E-state index contributed by atoms with van der Waals surface area (Å²) in [7, 11) is 0. The zero-order valence-corrected chi connectivity index (χ0v) is 11.3. The van der Waals surface area contributed by atoms with Crippen molar-refractivity contribution in [2.24, 2.45) is 0 Å². The molecule has 0 amide bonds. The summed E-state index contributed by atoms with van der Waals surface area (Å²) < 4.78 is 13.1. The predicted molar refractivity (Wildman–Crippen MR) is 69.6 cm³/mol. The lowest BCUT2D eigenvalue weighted by Gasteiger charge is -2.18. The van der Waals surface area contributed by atoms with E-state index in [4.69, 9.17) is 0 Å². The van der Waals surface area contributed by atoms with Gasteiger partial charge >= 0.3 is 0 Å². The Balaban J connectivity index is 0.00000121. The number of hydroxylamine groups is 1. The first-order valence-electron chi connectivity index (χ1n) is 6.05. The third-order valence-electron chi connectivity index (χ3n) is 2.41. The second-order valence-electron chi connectivity index (χ2n) is 3.58. The van der Waals surface area contributed by atoms with Crippen LogP contribution in [0.1, 0.15) is 38.3 Å². The van der Waals surface area contributed by atoms with Crippen LogP contribution in [0.5, 0.6) is 0 Å². The smallest absolute Gasteiger partial charge is 0.126 e. The highest BCUT2D eigenvalue weighted by Gasteiger charge is 2.07. The Morgan fingerprint density at radius 1 is 1.24 bits per heavy atom. The van der Waals surface area contributed by atoms with Gasteiger partial charge in [0.25, 0.3) is 0 Å². The van der Waals surface area contributed by atoms with Crippen molar-refractivity contribution in [3.8, 4) is 0 Å². The second kappa shape index (κ2) is 8.03. The number of anilines is 1. The quantitative estimate of drug-likeness (QED) is 0.786. The van der Waals surface area contributed by atoms with E-state index in [0.29, 0.717) is 12.1 Å². The SMILES string of the molecule is CC.CCCN(O)Nc1ccc(F)c(C)c1C. The number of hydrogen-bond donors (Lipinski definition) is 2. The van der Waals surface area contributed by atoms with Crippen LogP contribution in [0.2, 0.25) is 0 Å². The van der Waals surface area contributed by atoms with Crippen molar-refractivity contribution in [3.05, 3.63) is 29.1 Å². The van der Waals surface area contributed by atoms with Crippen molar-refractivity contribution in [2.75, 3.05) is 12.0 Å². The summed E-state index contributed by atoms with van der Waals surface area (Å²) in [5.41, 5.74) is 4.94. The van der Waals surface area contributed by atoms with Gasteiger partial charge in [-0.3, -0.25) is 10.6 Å². The fourth-order valence-electron chi connectivity index (χ4n) is 1.32. The zero-order chi connectivity index (χ0) is 13.4. The molecule has 1 aromatic carbocycles. The highest BCUT2D eigenvalue weighted by molar-refractivity contribution is 5.53.